The van der Waals surface area contributed by atoms with Gasteiger partial charge in [-0.05, 0) is 30.7 Å². The lowest BCUT2D eigenvalue weighted by atomic mass is 10.0. The van der Waals surface area contributed by atoms with Crippen LogP contribution < -0.4 is 10.9 Å². The van der Waals surface area contributed by atoms with Crippen LogP contribution in [-0.2, 0) is 4.79 Å². The van der Waals surface area contributed by atoms with Crippen molar-refractivity contribution >= 4 is 45.0 Å². The smallest absolute Gasteiger partial charge is 0.256 e. The van der Waals surface area contributed by atoms with Crippen LogP contribution in [-0.4, -0.2) is 15.9 Å². The molecule has 6 heteroatoms. The van der Waals surface area contributed by atoms with E-state index in [2.05, 4.69) is 15.3 Å². The van der Waals surface area contributed by atoms with Gasteiger partial charge in [-0.15, -0.1) is 0 Å². The van der Waals surface area contributed by atoms with E-state index in [1.165, 1.54) is 6.08 Å². The van der Waals surface area contributed by atoms with Crippen molar-refractivity contribution in [3.05, 3.63) is 76.2 Å². The lowest BCUT2D eigenvalue weighted by Gasteiger charge is -2.09. The van der Waals surface area contributed by atoms with Crippen molar-refractivity contribution in [3.63, 3.8) is 0 Å². The topological polar surface area (TPSA) is 77.8 Å². The van der Waals surface area contributed by atoms with E-state index in [-0.39, 0.29) is 11.5 Å². The molecule has 2 aromatic carbocycles. The number of carbonyl (C=O) groups excluding carboxylic acids is 1. The minimum atomic E-state index is -0.263. The number of anilines is 1. The Labute approximate surface area is 166 Å². The fourth-order valence-corrected chi connectivity index (χ4v) is 3.50. The maximum Gasteiger partial charge on any atom is 0.256 e. The van der Waals surface area contributed by atoms with Gasteiger partial charge in [0, 0.05) is 33.6 Å². The lowest BCUT2D eigenvalue weighted by molar-refractivity contribution is -0.111. The highest BCUT2D eigenvalue weighted by molar-refractivity contribution is 6.38. The minimum Gasteiger partial charge on any atom is -0.361 e. The van der Waals surface area contributed by atoms with E-state index < -0.39 is 0 Å². The number of aromatic amines is 2. The first-order chi connectivity index (χ1) is 13.6. The second-order valence-corrected chi connectivity index (χ2v) is 6.83. The number of pyridine rings is 1. The van der Waals surface area contributed by atoms with Gasteiger partial charge < -0.3 is 15.3 Å². The number of fused-ring (bicyclic) bond motifs is 2. The average molecular weight is 392 g/mol. The Balaban J connectivity index is 1.80. The summed E-state index contributed by atoms with van der Waals surface area (Å²) in [5.74, 6) is -0.263. The van der Waals surface area contributed by atoms with E-state index >= 15 is 0 Å². The molecule has 0 aliphatic carbocycles. The van der Waals surface area contributed by atoms with Crippen LogP contribution >= 0.6 is 11.6 Å². The summed E-state index contributed by atoms with van der Waals surface area (Å²) in [6, 6.07) is 13.2. The first-order valence-electron chi connectivity index (χ1n) is 8.98. The van der Waals surface area contributed by atoms with Gasteiger partial charge in [0.15, 0.2) is 0 Å². The molecule has 0 aliphatic heterocycles. The molecule has 2 aromatic heterocycles. The van der Waals surface area contributed by atoms with Crippen LogP contribution in [0.3, 0.4) is 0 Å². The summed E-state index contributed by atoms with van der Waals surface area (Å²) in [7, 11) is 0. The van der Waals surface area contributed by atoms with Crippen molar-refractivity contribution < 1.29 is 4.79 Å². The number of rotatable bonds is 4. The van der Waals surface area contributed by atoms with Gasteiger partial charge in [0.1, 0.15) is 0 Å². The molecule has 0 atom stereocenters. The standard InChI is InChI=1S/C22H18ClN3O2/c1-2-3-8-19(27)25-18-10-9-13-11-15(22(28)26-21(13)20(18)23)16-12-24-17-7-5-4-6-14(16)17/h3-12,24H,2H2,1H3,(H,25,27)(H,26,28)/b8-3+. The van der Waals surface area contributed by atoms with Crippen molar-refractivity contribution in [1.29, 1.82) is 0 Å². The number of nitrogens with one attached hydrogen (secondary N) is 3. The molecule has 0 radical (unpaired) electrons. The SMILES string of the molecule is CC/C=C/C(=O)Nc1ccc2cc(-c3c[nH]c4ccccc34)c(=O)[nH]c2c1Cl. The van der Waals surface area contributed by atoms with Crippen LogP contribution in [0.4, 0.5) is 5.69 Å². The molecule has 2 heterocycles. The number of hydrogen-bond donors (Lipinski definition) is 3. The molecule has 0 bridgehead atoms. The molecule has 0 aliphatic rings. The fraction of sp³-hybridized carbons (Fsp3) is 0.0909. The number of aromatic nitrogens is 2. The Morgan fingerprint density at radius 2 is 2.00 bits per heavy atom. The van der Waals surface area contributed by atoms with E-state index in [4.69, 9.17) is 11.6 Å². The van der Waals surface area contributed by atoms with Gasteiger partial charge in [-0.2, -0.15) is 0 Å². The number of amides is 1. The summed E-state index contributed by atoms with van der Waals surface area (Å²) in [5, 5.41) is 4.80. The zero-order chi connectivity index (χ0) is 19.7. The van der Waals surface area contributed by atoms with Crippen LogP contribution in [0.25, 0.3) is 32.9 Å². The quantitative estimate of drug-likeness (QED) is 0.416. The molecule has 4 rings (SSSR count). The third kappa shape index (κ3) is 3.21. The first-order valence-corrected chi connectivity index (χ1v) is 9.36. The summed E-state index contributed by atoms with van der Waals surface area (Å²) < 4.78 is 0. The summed E-state index contributed by atoms with van der Waals surface area (Å²) in [5.41, 5.74) is 3.06. The summed E-state index contributed by atoms with van der Waals surface area (Å²) in [6.45, 7) is 1.95. The van der Waals surface area contributed by atoms with Gasteiger partial charge in [-0.3, -0.25) is 9.59 Å². The van der Waals surface area contributed by atoms with Gasteiger partial charge in [-0.1, -0.05) is 48.9 Å². The van der Waals surface area contributed by atoms with Crippen LogP contribution in [0.2, 0.25) is 5.02 Å². The Bertz CT molecular complexity index is 1280. The summed E-state index contributed by atoms with van der Waals surface area (Å²) >= 11 is 6.45. The van der Waals surface area contributed by atoms with Crippen molar-refractivity contribution in [1.82, 2.24) is 9.97 Å². The third-order valence-electron chi connectivity index (χ3n) is 4.60. The number of H-pyrrole nitrogens is 2. The first kappa shape index (κ1) is 18.1. The van der Waals surface area contributed by atoms with Crippen LogP contribution in [0.15, 0.2) is 65.6 Å². The predicted octanol–water partition coefficient (Wildman–Crippen LogP) is 5.23. The molecule has 3 N–H and O–H groups in total. The Kier molecular flexibility index (Phi) is 4.75. The van der Waals surface area contributed by atoms with Crippen LogP contribution in [0, 0.1) is 0 Å². The third-order valence-corrected chi connectivity index (χ3v) is 4.99. The molecule has 0 spiro atoms. The van der Waals surface area contributed by atoms with E-state index in [0.29, 0.717) is 21.8 Å². The van der Waals surface area contributed by atoms with Crippen molar-refractivity contribution in [2.75, 3.05) is 5.32 Å². The number of para-hydroxylation sites is 1. The highest BCUT2D eigenvalue weighted by Gasteiger charge is 2.14. The van der Waals surface area contributed by atoms with E-state index in [1.807, 2.05) is 49.5 Å². The van der Waals surface area contributed by atoms with Gasteiger partial charge >= 0.3 is 0 Å². The van der Waals surface area contributed by atoms with E-state index in [9.17, 15) is 9.59 Å². The summed E-state index contributed by atoms with van der Waals surface area (Å²) in [6.07, 6.45) is 5.82. The maximum absolute atomic E-state index is 12.8. The van der Waals surface area contributed by atoms with Gasteiger partial charge in [-0.25, -0.2) is 0 Å². The molecular weight excluding hydrogens is 374 g/mol. The molecule has 4 aromatic rings. The number of benzene rings is 2. The second-order valence-electron chi connectivity index (χ2n) is 6.45. The Morgan fingerprint density at radius 1 is 1.18 bits per heavy atom. The molecule has 28 heavy (non-hydrogen) atoms. The fourth-order valence-electron chi connectivity index (χ4n) is 3.23. The van der Waals surface area contributed by atoms with Crippen molar-refractivity contribution in [2.24, 2.45) is 0 Å². The van der Waals surface area contributed by atoms with Gasteiger partial charge in [0.25, 0.3) is 5.56 Å². The van der Waals surface area contributed by atoms with Gasteiger partial charge in [0.2, 0.25) is 5.91 Å². The molecule has 0 saturated carbocycles. The number of hydrogen-bond acceptors (Lipinski definition) is 2. The van der Waals surface area contributed by atoms with Crippen molar-refractivity contribution in [2.45, 2.75) is 13.3 Å². The highest BCUT2D eigenvalue weighted by atomic mass is 35.5. The van der Waals surface area contributed by atoms with Crippen LogP contribution in [0.1, 0.15) is 13.3 Å². The number of allylic oxidation sites excluding steroid dienone is 1. The second kappa shape index (κ2) is 7.37. The molecule has 0 unspecified atom stereocenters. The monoisotopic (exact) mass is 391 g/mol. The largest absolute Gasteiger partial charge is 0.361 e. The lowest BCUT2D eigenvalue weighted by Crippen LogP contribution is -2.11. The highest BCUT2D eigenvalue weighted by Crippen LogP contribution is 2.32. The van der Waals surface area contributed by atoms with Gasteiger partial charge in [0.05, 0.1) is 16.2 Å². The number of halogens is 1. The normalized spacial score (nSPS) is 11.5. The minimum absolute atomic E-state index is 0.242. The summed E-state index contributed by atoms with van der Waals surface area (Å²) in [4.78, 5) is 30.8. The van der Waals surface area contributed by atoms with E-state index in [0.717, 1.165) is 28.3 Å². The van der Waals surface area contributed by atoms with Crippen molar-refractivity contribution in [3.8, 4) is 11.1 Å². The Morgan fingerprint density at radius 3 is 2.82 bits per heavy atom. The molecule has 140 valence electrons. The zero-order valence-electron chi connectivity index (χ0n) is 15.2. The molecule has 0 fully saturated rings. The number of carbonyl (C=O) groups is 1. The average Bonchev–Trinajstić information content (AvgIpc) is 3.12. The molecular formula is C22H18ClN3O2. The van der Waals surface area contributed by atoms with E-state index in [1.54, 1.807) is 12.1 Å². The predicted molar refractivity (Wildman–Crippen MR) is 115 cm³/mol. The van der Waals surface area contributed by atoms with Crippen LogP contribution in [0.5, 0.6) is 0 Å². The maximum atomic E-state index is 12.8. The molecule has 5 nitrogen and oxygen atoms in total. The Hall–Kier alpha value is -3.31. The molecule has 0 saturated heterocycles. The zero-order valence-corrected chi connectivity index (χ0v) is 15.9. The molecule has 1 amide bonds.